The van der Waals surface area contributed by atoms with Crippen molar-refractivity contribution in [3.05, 3.63) is 46.2 Å². The van der Waals surface area contributed by atoms with E-state index in [0.717, 1.165) is 11.9 Å². The summed E-state index contributed by atoms with van der Waals surface area (Å²) in [7, 11) is -1.62. The molecule has 29 heavy (non-hydrogen) atoms. The highest BCUT2D eigenvalue weighted by Crippen LogP contribution is 2.23. The van der Waals surface area contributed by atoms with E-state index >= 15 is 0 Å². The summed E-state index contributed by atoms with van der Waals surface area (Å²) in [5, 5.41) is 4.33. The summed E-state index contributed by atoms with van der Waals surface area (Å²) in [4.78, 5) is 29.0. The van der Waals surface area contributed by atoms with Gasteiger partial charge in [-0.1, -0.05) is 11.6 Å². The smallest absolute Gasteiger partial charge is 0.274 e. The van der Waals surface area contributed by atoms with Gasteiger partial charge in [-0.3, -0.25) is 14.3 Å². The number of hydrogen-bond acceptors (Lipinski definition) is 5. The Morgan fingerprint density at radius 1 is 1.03 bits per heavy atom. The van der Waals surface area contributed by atoms with Crippen LogP contribution in [-0.4, -0.2) is 72.2 Å². The van der Waals surface area contributed by atoms with Gasteiger partial charge in [-0.2, -0.15) is 5.10 Å². The summed E-state index contributed by atoms with van der Waals surface area (Å²) < 4.78 is 25.0. The first kappa shape index (κ1) is 21.3. The van der Waals surface area contributed by atoms with Crippen molar-refractivity contribution in [2.45, 2.75) is 18.2 Å². The fourth-order valence-corrected chi connectivity index (χ4v) is 4.19. The van der Waals surface area contributed by atoms with Gasteiger partial charge in [-0.05, 0) is 37.6 Å². The molecule has 8 nitrogen and oxygen atoms in total. The summed E-state index contributed by atoms with van der Waals surface area (Å²) in [6.45, 7) is 3.64. The van der Waals surface area contributed by atoms with Crippen LogP contribution in [0.4, 0.5) is 0 Å². The molecule has 0 atom stereocenters. The van der Waals surface area contributed by atoms with Crippen LogP contribution in [0.1, 0.15) is 33.0 Å². The predicted molar refractivity (Wildman–Crippen MR) is 109 cm³/mol. The highest BCUT2D eigenvalue weighted by molar-refractivity contribution is 7.90. The van der Waals surface area contributed by atoms with Crippen molar-refractivity contribution >= 4 is 33.3 Å². The monoisotopic (exact) mass is 438 g/mol. The molecular formula is C19H23ClN4O4S. The molecule has 1 aromatic heterocycles. The molecule has 1 fully saturated rings. The number of halogens is 1. The van der Waals surface area contributed by atoms with Crippen molar-refractivity contribution in [3.8, 4) is 0 Å². The van der Waals surface area contributed by atoms with E-state index < -0.39 is 9.84 Å². The number of aromatic nitrogens is 2. The molecule has 1 aliphatic heterocycles. The van der Waals surface area contributed by atoms with E-state index in [4.69, 9.17) is 11.6 Å². The zero-order chi connectivity index (χ0) is 21.3. The first-order chi connectivity index (χ1) is 13.6. The van der Waals surface area contributed by atoms with E-state index in [1.807, 2.05) is 6.92 Å². The molecule has 0 aliphatic carbocycles. The second kappa shape index (κ2) is 8.16. The molecule has 0 spiro atoms. The molecule has 2 amide bonds. The summed E-state index contributed by atoms with van der Waals surface area (Å²) in [5.74, 6) is -0.434. The van der Waals surface area contributed by atoms with E-state index in [2.05, 4.69) is 5.10 Å². The summed E-state index contributed by atoms with van der Waals surface area (Å²) in [6, 6.07) is 5.86. The van der Waals surface area contributed by atoms with Crippen LogP contribution in [0, 0.1) is 6.92 Å². The minimum Gasteiger partial charge on any atom is -0.337 e. The van der Waals surface area contributed by atoms with Gasteiger partial charge in [0.05, 0.1) is 15.5 Å². The van der Waals surface area contributed by atoms with Crippen molar-refractivity contribution in [3.63, 3.8) is 0 Å². The fourth-order valence-electron chi connectivity index (χ4n) is 3.22. The zero-order valence-electron chi connectivity index (χ0n) is 16.6. The molecule has 1 aliphatic rings. The van der Waals surface area contributed by atoms with Gasteiger partial charge in [0.1, 0.15) is 0 Å². The maximum absolute atomic E-state index is 12.9. The van der Waals surface area contributed by atoms with Crippen LogP contribution in [-0.2, 0) is 16.9 Å². The van der Waals surface area contributed by atoms with E-state index in [1.165, 1.54) is 18.2 Å². The average Bonchev–Trinajstić information content (AvgIpc) is 2.85. The van der Waals surface area contributed by atoms with Gasteiger partial charge in [0.25, 0.3) is 11.8 Å². The van der Waals surface area contributed by atoms with Gasteiger partial charge in [-0.25, -0.2) is 8.42 Å². The molecule has 0 unspecified atom stereocenters. The Morgan fingerprint density at radius 2 is 1.66 bits per heavy atom. The molecule has 156 valence electrons. The Kier molecular flexibility index (Phi) is 6.00. The lowest BCUT2D eigenvalue weighted by atomic mass is 10.2. The van der Waals surface area contributed by atoms with Crippen molar-refractivity contribution in [2.75, 3.05) is 32.4 Å². The number of rotatable bonds is 3. The number of hydrogen-bond donors (Lipinski definition) is 0. The van der Waals surface area contributed by atoms with Gasteiger partial charge in [0.15, 0.2) is 15.5 Å². The van der Waals surface area contributed by atoms with Crippen molar-refractivity contribution < 1.29 is 18.0 Å². The maximum atomic E-state index is 12.9. The first-order valence-electron chi connectivity index (χ1n) is 9.16. The molecule has 10 heteroatoms. The van der Waals surface area contributed by atoms with E-state index in [1.54, 1.807) is 27.6 Å². The number of amides is 2. The van der Waals surface area contributed by atoms with Gasteiger partial charge in [0, 0.05) is 45.2 Å². The molecule has 0 N–H and O–H groups in total. The van der Waals surface area contributed by atoms with Crippen molar-refractivity contribution in [1.82, 2.24) is 19.6 Å². The minimum atomic E-state index is -3.40. The summed E-state index contributed by atoms with van der Waals surface area (Å²) >= 11 is 6.18. The highest BCUT2D eigenvalue weighted by atomic mass is 35.5. The summed E-state index contributed by atoms with van der Waals surface area (Å²) in [5.41, 5.74) is 1.54. The molecule has 2 heterocycles. The molecule has 0 saturated carbocycles. The molecular weight excluding hydrogens is 416 g/mol. The van der Waals surface area contributed by atoms with Gasteiger partial charge in [0.2, 0.25) is 0 Å². The molecule has 2 aromatic rings. The number of nitrogens with zero attached hydrogens (tertiary/aromatic N) is 4. The lowest BCUT2D eigenvalue weighted by Crippen LogP contribution is -2.37. The van der Waals surface area contributed by atoms with Crippen LogP contribution < -0.4 is 0 Å². The predicted octanol–water partition coefficient (Wildman–Crippen LogP) is 1.77. The Labute approximate surface area is 175 Å². The number of benzene rings is 1. The largest absolute Gasteiger partial charge is 0.337 e. The fraction of sp³-hybridized carbons (Fsp3) is 0.421. The minimum absolute atomic E-state index is 0.0670. The summed E-state index contributed by atoms with van der Waals surface area (Å²) in [6.07, 6.45) is 1.71. The highest BCUT2D eigenvalue weighted by Gasteiger charge is 2.26. The third-order valence-corrected chi connectivity index (χ3v) is 6.43. The lowest BCUT2D eigenvalue weighted by molar-refractivity contribution is 0.0715. The quantitative estimate of drug-likeness (QED) is 0.728. The molecule has 0 radical (unpaired) electrons. The van der Waals surface area contributed by atoms with Crippen LogP contribution in [0.25, 0.3) is 0 Å². The molecule has 0 bridgehead atoms. The molecule has 3 rings (SSSR count). The molecule has 1 saturated heterocycles. The normalized spacial score (nSPS) is 15.3. The second-order valence-electron chi connectivity index (χ2n) is 7.15. The van der Waals surface area contributed by atoms with Crippen molar-refractivity contribution in [1.29, 1.82) is 0 Å². The average molecular weight is 439 g/mol. The third kappa shape index (κ3) is 4.62. The number of carbonyl (C=O) groups excluding carboxylic acids is 2. The number of carbonyl (C=O) groups is 2. The van der Waals surface area contributed by atoms with Crippen LogP contribution >= 0.6 is 11.6 Å². The van der Waals surface area contributed by atoms with Crippen molar-refractivity contribution in [2.24, 2.45) is 7.05 Å². The standard InChI is InChI=1S/C19H23ClN4O4S/c1-13-11-17(21-22(13)2)19(26)24-8-4-7-23(9-10-24)18(25)15-6-5-14(12-16(15)20)29(3,27)28/h5-6,11-12H,4,7-10H2,1-3H3. The number of aryl methyl sites for hydroxylation is 2. The van der Waals surface area contributed by atoms with Gasteiger partial charge < -0.3 is 9.80 Å². The zero-order valence-corrected chi connectivity index (χ0v) is 18.1. The van der Waals surface area contributed by atoms with E-state index in [0.29, 0.717) is 38.3 Å². The maximum Gasteiger partial charge on any atom is 0.274 e. The van der Waals surface area contributed by atoms with Crippen LogP contribution in [0.5, 0.6) is 0 Å². The lowest BCUT2D eigenvalue weighted by Gasteiger charge is -2.22. The Balaban J connectivity index is 1.72. The van der Waals surface area contributed by atoms with Crippen LogP contribution in [0.3, 0.4) is 0 Å². The topological polar surface area (TPSA) is 92.6 Å². The second-order valence-corrected chi connectivity index (χ2v) is 9.57. The Bertz CT molecular complexity index is 1040. The van der Waals surface area contributed by atoms with E-state index in [9.17, 15) is 18.0 Å². The SMILES string of the molecule is Cc1cc(C(=O)N2CCCN(C(=O)c3ccc(S(C)(=O)=O)cc3Cl)CC2)nn1C. The number of sulfone groups is 1. The third-order valence-electron chi connectivity index (χ3n) is 5.00. The molecule has 1 aromatic carbocycles. The van der Waals surface area contributed by atoms with Crippen LogP contribution in [0.2, 0.25) is 5.02 Å². The Hall–Kier alpha value is -2.39. The van der Waals surface area contributed by atoms with Gasteiger partial charge in [-0.15, -0.1) is 0 Å². The Morgan fingerprint density at radius 3 is 2.17 bits per heavy atom. The first-order valence-corrected chi connectivity index (χ1v) is 11.4. The van der Waals surface area contributed by atoms with Gasteiger partial charge >= 0.3 is 0 Å². The van der Waals surface area contributed by atoms with E-state index in [-0.39, 0.29) is 27.3 Å². The van der Waals surface area contributed by atoms with Crippen LogP contribution in [0.15, 0.2) is 29.2 Å².